The lowest BCUT2D eigenvalue weighted by Crippen LogP contribution is -2.29. The summed E-state index contributed by atoms with van der Waals surface area (Å²) in [5.74, 6) is 0.482. The Morgan fingerprint density at radius 2 is 2.00 bits per heavy atom. The first kappa shape index (κ1) is 14.0. The van der Waals surface area contributed by atoms with E-state index in [0.29, 0.717) is 22.8 Å². The minimum Gasteiger partial charge on any atom is -0.495 e. The van der Waals surface area contributed by atoms with Gasteiger partial charge in [-0.25, -0.2) is 0 Å². The van der Waals surface area contributed by atoms with Gasteiger partial charge in [0.15, 0.2) is 0 Å². The van der Waals surface area contributed by atoms with E-state index in [0.717, 1.165) is 5.69 Å². The van der Waals surface area contributed by atoms with Crippen molar-refractivity contribution in [3.05, 3.63) is 41.7 Å². The van der Waals surface area contributed by atoms with Crippen molar-refractivity contribution >= 4 is 17.3 Å². The van der Waals surface area contributed by atoms with Crippen molar-refractivity contribution in [2.45, 2.75) is 6.92 Å². The summed E-state index contributed by atoms with van der Waals surface area (Å²) < 4.78 is 7.08. The number of ether oxygens (including phenoxy) is 1. The zero-order valence-corrected chi connectivity index (χ0v) is 12.2. The molecule has 0 aliphatic heterocycles. The third-order valence-corrected chi connectivity index (χ3v) is 3.46. The lowest BCUT2D eigenvalue weighted by Gasteiger charge is -2.20. The van der Waals surface area contributed by atoms with Gasteiger partial charge in [0, 0.05) is 19.8 Å². The number of benzene rings is 1. The summed E-state index contributed by atoms with van der Waals surface area (Å²) in [6.07, 6.45) is 0. The highest BCUT2D eigenvalue weighted by atomic mass is 16.5. The number of para-hydroxylation sites is 2. The molecule has 0 saturated carbocycles. The lowest BCUT2D eigenvalue weighted by atomic mass is 10.2. The van der Waals surface area contributed by atoms with Gasteiger partial charge in [0.2, 0.25) is 0 Å². The number of anilines is 2. The molecule has 1 aromatic heterocycles. The van der Waals surface area contributed by atoms with Crippen LogP contribution in [0.2, 0.25) is 0 Å². The van der Waals surface area contributed by atoms with Crippen LogP contribution in [0.15, 0.2) is 30.3 Å². The van der Waals surface area contributed by atoms with Crippen molar-refractivity contribution in [2.24, 2.45) is 7.05 Å². The van der Waals surface area contributed by atoms with Crippen LogP contribution in [0, 0.1) is 6.92 Å². The van der Waals surface area contributed by atoms with E-state index in [4.69, 9.17) is 10.5 Å². The van der Waals surface area contributed by atoms with E-state index >= 15 is 0 Å². The van der Waals surface area contributed by atoms with Gasteiger partial charge in [-0.15, -0.1) is 0 Å². The maximum absolute atomic E-state index is 12.6. The number of nitrogens with zero attached hydrogens (tertiary/aromatic N) is 2. The first-order valence-corrected chi connectivity index (χ1v) is 6.30. The van der Waals surface area contributed by atoms with Crippen LogP contribution in [-0.4, -0.2) is 24.6 Å². The van der Waals surface area contributed by atoms with Crippen LogP contribution in [0.5, 0.6) is 5.75 Å². The van der Waals surface area contributed by atoms with Crippen LogP contribution >= 0.6 is 0 Å². The van der Waals surface area contributed by atoms with E-state index in [9.17, 15) is 4.79 Å². The molecule has 0 fully saturated rings. The van der Waals surface area contributed by atoms with E-state index < -0.39 is 0 Å². The Kier molecular flexibility index (Phi) is 3.70. The minimum atomic E-state index is -0.164. The molecule has 0 spiro atoms. The van der Waals surface area contributed by atoms with Gasteiger partial charge in [-0.3, -0.25) is 4.79 Å². The average Bonchev–Trinajstić information content (AvgIpc) is 2.70. The summed E-state index contributed by atoms with van der Waals surface area (Å²) in [5, 5.41) is 0. The Morgan fingerprint density at radius 1 is 1.35 bits per heavy atom. The summed E-state index contributed by atoms with van der Waals surface area (Å²) in [6, 6.07) is 9.17. The fourth-order valence-electron chi connectivity index (χ4n) is 2.20. The van der Waals surface area contributed by atoms with Crippen LogP contribution in [0.3, 0.4) is 0 Å². The summed E-state index contributed by atoms with van der Waals surface area (Å²) in [4.78, 5) is 14.2. The van der Waals surface area contributed by atoms with Crippen LogP contribution in [0.4, 0.5) is 11.4 Å². The van der Waals surface area contributed by atoms with Crippen molar-refractivity contribution < 1.29 is 9.53 Å². The molecule has 5 nitrogen and oxygen atoms in total. The first-order chi connectivity index (χ1) is 9.47. The lowest BCUT2D eigenvalue weighted by molar-refractivity contribution is 0.0985. The highest BCUT2D eigenvalue weighted by Gasteiger charge is 2.22. The van der Waals surface area contributed by atoms with Gasteiger partial charge < -0.3 is 19.9 Å². The smallest absolute Gasteiger partial charge is 0.276 e. The standard InChI is InChI=1S/C15H19N3O2/c1-10-9-11(16)14(17(10)2)15(19)18(3)12-7-5-6-8-13(12)20-4/h5-9H,16H2,1-4H3. The number of nitrogen functional groups attached to an aromatic ring is 1. The largest absolute Gasteiger partial charge is 0.495 e. The SMILES string of the molecule is COc1ccccc1N(C)C(=O)c1c(N)cc(C)n1C. The number of hydrogen-bond acceptors (Lipinski definition) is 3. The van der Waals surface area contributed by atoms with Gasteiger partial charge in [-0.1, -0.05) is 12.1 Å². The zero-order valence-electron chi connectivity index (χ0n) is 12.2. The molecule has 0 bridgehead atoms. The maximum atomic E-state index is 12.6. The quantitative estimate of drug-likeness (QED) is 0.932. The molecule has 0 unspecified atom stereocenters. The number of aromatic nitrogens is 1. The number of amides is 1. The van der Waals surface area contributed by atoms with Crippen LogP contribution in [0.25, 0.3) is 0 Å². The molecule has 0 atom stereocenters. The molecular weight excluding hydrogens is 254 g/mol. The van der Waals surface area contributed by atoms with Crippen molar-refractivity contribution in [3.8, 4) is 5.75 Å². The predicted molar refractivity (Wildman–Crippen MR) is 80.3 cm³/mol. The van der Waals surface area contributed by atoms with Crippen molar-refractivity contribution in [3.63, 3.8) is 0 Å². The second-order valence-electron chi connectivity index (χ2n) is 4.68. The summed E-state index contributed by atoms with van der Waals surface area (Å²) in [5.41, 5.74) is 8.55. The van der Waals surface area contributed by atoms with Crippen LogP contribution in [0.1, 0.15) is 16.2 Å². The van der Waals surface area contributed by atoms with Gasteiger partial charge >= 0.3 is 0 Å². The molecule has 1 aromatic carbocycles. The Hall–Kier alpha value is -2.43. The Morgan fingerprint density at radius 3 is 2.55 bits per heavy atom. The van der Waals surface area contributed by atoms with E-state index in [-0.39, 0.29) is 5.91 Å². The third-order valence-electron chi connectivity index (χ3n) is 3.46. The molecule has 2 rings (SSSR count). The van der Waals surface area contributed by atoms with Gasteiger partial charge in [0.05, 0.1) is 18.5 Å². The molecule has 106 valence electrons. The first-order valence-electron chi connectivity index (χ1n) is 6.30. The number of carbonyl (C=O) groups excluding carboxylic acids is 1. The van der Waals surface area contributed by atoms with Gasteiger partial charge in [0.25, 0.3) is 5.91 Å². The molecule has 5 heteroatoms. The number of rotatable bonds is 3. The molecule has 2 aromatic rings. The van der Waals surface area contributed by atoms with E-state index in [1.54, 1.807) is 29.7 Å². The van der Waals surface area contributed by atoms with E-state index in [1.165, 1.54) is 0 Å². The van der Waals surface area contributed by atoms with Crippen molar-refractivity contribution in [2.75, 3.05) is 24.8 Å². The minimum absolute atomic E-state index is 0.164. The second-order valence-corrected chi connectivity index (χ2v) is 4.68. The predicted octanol–water partition coefficient (Wildman–Crippen LogP) is 2.20. The second kappa shape index (κ2) is 5.28. The Bertz CT molecular complexity index is 647. The molecule has 0 radical (unpaired) electrons. The summed E-state index contributed by atoms with van der Waals surface area (Å²) in [7, 11) is 5.12. The summed E-state index contributed by atoms with van der Waals surface area (Å²) >= 11 is 0. The fraction of sp³-hybridized carbons (Fsp3) is 0.267. The molecule has 1 heterocycles. The number of hydrogen-bond donors (Lipinski definition) is 1. The normalized spacial score (nSPS) is 10.4. The van der Waals surface area contributed by atoms with Gasteiger partial charge in [-0.05, 0) is 25.1 Å². The molecule has 20 heavy (non-hydrogen) atoms. The molecular formula is C15H19N3O2. The maximum Gasteiger partial charge on any atom is 0.276 e. The highest BCUT2D eigenvalue weighted by Crippen LogP contribution is 2.29. The Balaban J connectivity index is 2.43. The number of nitrogens with two attached hydrogens (primary N) is 1. The van der Waals surface area contributed by atoms with Gasteiger partial charge in [-0.2, -0.15) is 0 Å². The van der Waals surface area contributed by atoms with Crippen LogP contribution < -0.4 is 15.4 Å². The molecule has 1 amide bonds. The number of carbonyl (C=O) groups is 1. The van der Waals surface area contributed by atoms with Crippen molar-refractivity contribution in [1.82, 2.24) is 4.57 Å². The summed E-state index contributed by atoms with van der Waals surface area (Å²) in [6.45, 7) is 1.91. The average molecular weight is 273 g/mol. The van der Waals surface area contributed by atoms with Crippen LogP contribution in [-0.2, 0) is 7.05 Å². The Labute approximate surface area is 118 Å². The highest BCUT2D eigenvalue weighted by molar-refractivity contribution is 6.08. The number of aryl methyl sites for hydroxylation is 1. The fourth-order valence-corrected chi connectivity index (χ4v) is 2.20. The molecule has 0 aliphatic carbocycles. The molecule has 2 N–H and O–H groups in total. The zero-order chi connectivity index (χ0) is 14.9. The monoisotopic (exact) mass is 273 g/mol. The van der Waals surface area contributed by atoms with E-state index in [1.807, 2.05) is 38.2 Å². The molecule has 0 saturated heterocycles. The molecule has 0 aliphatic rings. The van der Waals surface area contributed by atoms with E-state index in [2.05, 4.69) is 0 Å². The third kappa shape index (κ3) is 2.22. The van der Waals surface area contributed by atoms with Gasteiger partial charge in [0.1, 0.15) is 11.4 Å². The topological polar surface area (TPSA) is 60.5 Å². The number of methoxy groups -OCH3 is 1. The van der Waals surface area contributed by atoms with Crippen molar-refractivity contribution in [1.29, 1.82) is 0 Å².